The Hall–Kier alpha value is -1.62. The number of aryl methyl sites for hydroxylation is 1. The highest BCUT2D eigenvalue weighted by atomic mass is 35.5. The van der Waals surface area contributed by atoms with Gasteiger partial charge < -0.3 is 4.74 Å². The Morgan fingerprint density at radius 2 is 2.29 bits per heavy atom. The summed E-state index contributed by atoms with van der Waals surface area (Å²) in [6.07, 6.45) is 2.26. The number of hydrogen-bond donors (Lipinski definition) is 0. The van der Waals surface area contributed by atoms with E-state index in [1.165, 1.54) is 17.9 Å². The minimum Gasteiger partial charge on any atom is -0.497 e. The van der Waals surface area contributed by atoms with Gasteiger partial charge in [-0.05, 0) is 12.1 Å². The third kappa shape index (κ3) is 2.55. The molecule has 0 fully saturated rings. The number of nitrogens with zero attached hydrogens (tertiary/aromatic N) is 3. The third-order valence-corrected chi connectivity index (χ3v) is 2.48. The maximum Gasteiger partial charge on any atom is 0.149 e. The van der Waals surface area contributed by atoms with Gasteiger partial charge in [0.25, 0.3) is 0 Å². The van der Waals surface area contributed by atoms with E-state index in [0.717, 1.165) is 5.69 Å². The number of alkyl halides is 1. The fourth-order valence-electron chi connectivity index (χ4n) is 1.42. The third-order valence-electron chi connectivity index (χ3n) is 2.29. The minimum absolute atomic E-state index is 0.303. The van der Waals surface area contributed by atoms with E-state index in [-0.39, 0.29) is 5.82 Å². The molecular weight excluding hydrogens is 245 g/mol. The van der Waals surface area contributed by atoms with E-state index < -0.39 is 0 Å². The van der Waals surface area contributed by atoms with Gasteiger partial charge in [0.2, 0.25) is 0 Å². The molecule has 0 aliphatic heterocycles. The van der Waals surface area contributed by atoms with Crippen molar-refractivity contribution < 1.29 is 9.13 Å². The van der Waals surface area contributed by atoms with Crippen molar-refractivity contribution in [3.63, 3.8) is 0 Å². The topological polar surface area (TPSA) is 39.9 Å². The van der Waals surface area contributed by atoms with Crippen LogP contribution in [0, 0.1) is 5.82 Å². The standard InChI is InChI=1S/C11H11ClFN3O/c1-17-9-2-3-10(13)11(6-9)16-7-8(4-5-12)14-15-16/h2-3,6-7H,4-5H2,1H3. The van der Waals surface area contributed by atoms with Gasteiger partial charge >= 0.3 is 0 Å². The molecule has 1 heterocycles. The van der Waals surface area contributed by atoms with Crippen LogP contribution in [0.1, 0.15) is 5.69 Å². The van der Waals surface area contributed by atoms with Crippen molar-refractivity contribution in [3.05, 3.63) is 35.9 Å². The Kier molecular flexibility index (Phi) is 3.58. The highest BCUT2D eigenvalue weighted by Crippen LogP contribution is 2.19. The normalized spacial score (nSPS) is 10.5. The molecule has 90 valence electrons. The zero-order chi connectivity index (χ0) is 12.3. The lowest BCUT2D eigenvalue weighted by Gasteiger charge is -2.04. The summed E-state index contributed by atoms with van der Waals surface area (Å²) in [6.45, 7) is 0. The van der Waals surface area contributed by atoms with Crippen molar-refractivity contribution in [3.8, 4) is 11.4 Å². The largest absolute Gasteiger partial charge is 0.497 e. The zero-order valence-corrected chi connectivity index (χ0v) is 9.99. The molecule has 0 saturated carbocycles. The van der Waals surface area contributed by atoms with E-state index in [1.54, 1.807) is 18.3 Å². The first-order chi connectivity index (χ1) is 8.24. The zero-order valence-electron chi connectivity index (χ0n) is 9.23. The van der Waals surface area contributed by atoms with Gasteiger partial charge in [0, 0.05) is 18.4 Å². The van der Waals surface area contributed by atoms with Crippen molar-refractivity contribution in [1.29, 1.82) is 0 Å². The molecule has 0 aliphatic carbocycles. The SMILES string of the molecule is COc1ccc(F)c(-n2cc(CCCl)nn2)c1. The minimum atomic E-state index is -0.381. The molecule has 1 aromatic heterocycles. The number of methoxy groups -OCH3 is 1. The molecule has 0 unspecified atom stereocenters. The summed E-state index contributed by atoms with van der Waals surface area (Å²) in [7, 11) is 1.53. The van der Waals surface area contributed by atoms with Crippen LogP contribution in [-0.4, -0.2) is 28.0 Å². The number of benzene rings is 1. The summed E-state index contributed by atoms with van der Waals surface area (Å²) in [6, 6.07) is 4.45. The van der Waals surface area contributed by atoms with Crippen molar-refractivity contribution in [2.45, 2.75) is 6.42 Å². The number of hydrogen-bond acceptors (Lipinski definition) is 3. The van der Waals surface area contributed by atoms with Crippen LogP contribution in [0.3, 0.4) is 0 Å². The molecule has 4 nitrogen and oxygen atoms in total. The molecule has 0 saturated heterocycles. The number of ether oxygens (including phenoxy) is 1. The Bertz CT molecular complexity index is 515. The first-order valence-electron chi connectivity index (χ1n) is 5.05. The van der Waals surface area contributed by atoms with Crippen LogP contribution in [0.15, 0.2) is 24.4 Å². The van der Waals surface area contributed by atoms with Crippen molar-refractivity contribution in [2.75, 3.05) is 13.0 Å². The van der Waals surface area contributed by atoms with Crippen LogP contribution in [-0.2, 0) is 6.42 Å². The summed E-state index contributed by atoms with van der Waals surface area (Å²) in [5.74, 6) is 0.642. The maximum absolute atomic E-state index is 13.6. The van der Waals surface area contributed by atoms with Crippen LogP contribution < -0.4 is 4.74 Å². The lowest BCUT2D eigenvalue weighted by Crippen LogP contribution is -1.99. The fourth-order valence-corrected chi connectivity index (χ4v) is 1.62. The Balaban J connectivity index is 2.37. The summed E-state index contributed by atoms with van der Waals surface area (Å²) < 4.78 is 20.0. The Morgan fingerprint density at radius 3 is 3.00 bits per heavy atom. The summed E-state index contributed by atoms with van der Waals surface area (Å²) in [5.41, 5.74) is 1.03. The molecule has 0 atom stereocenters. The predicted molar refractivity (Wildman–Crippen MR) is 62.3 cm³/mol. The van der Waals surface area contributed by atoms with Gasteiger partial charge in [0.05, 0.1) is 19.0 Å². The molecule has 6 heteroatoms. The number of aromatic nitrogens is 3. The van der Waals surface area contributed by atoms with Crippen LogP contribution in [0.25, 0.3) is 5.69 Å². The van der Waals surface area contributed by atoms with E-state index in [0.29, 0.717) is 23.7 Å². The van der Waals surface area contributed by atoms with Gasteiger partial charge in [-0.1, -0.05) is 5.21 Å². The highest BCUT2D eigenvalue weighted by Gasteiger charge is 2.09. The van der Waals surface area contributed by atoms with E-state index in [2.05, 4.69) is 10.3 Å². The maximum atomic E-state index is 13.6. The molecule has 1 aromatic carbocycles. The number of rotatable bonds is 4. The summed E-state index contributed by atoms with van der Waals surface area (Å²) in [5, 5.41) is 7.75. The second-order valence-electron chi connectivity index (χ2n) is 3.41. The second-order valence-corrected chi connectivity index (χ2v) is 3.79. The van der Waals surface area contributed by atoms with Crippen LogP contribution >= 0.6 is 11.6 Å². The van der Waals surface area contributed by atoms with Crippen LogP contribution in [0.5, 0.6) is 5.75 Å². The quantitative estimate of drug-likeness (QED) is 0.787. The lowest BCUT2D eigenvalue weighted by atomic mass is 10.3. The van der Waals surface area contributed by atoms with Gasteiger partial charge in [-0.3, -0.25) is 0 Å². The molecule has 2 aromatic rings. The molecule has 17 heavy (non-hydrogen) atoms. The van der Waals surface area contributed by atoms with E-state index >= 15 is 0 Å². The van der Waals surface area contributed by atoms with Gasteiger partial charge in [-0.25, -0.2) is 9.07 Å². The van der Waals surface area contributed by atoms with Crippen molar-refractivity contribution in [1.82, 2.24) is 15.0 Å². The van der Waals surface area contributed by atoms with Crippen LogP contribution in [0.4, 0.5) is 4.39 Å². The molecule has 0 amide bonds. The Labute approximate surface area is 103 Å². The molecule has 2 rings (SSSR count). The predicted octanol–water partition coefficient (Wildman–Crippen LogP) is 2.20. The molecule has 0 spiro atoms. The first kappa shape index (κ1) is 11.9. The summed E-state index contributed by atoms with van der Waals surface area (Å²) in [4.78, 5) is 0. The smallest absolute Gasteiger partial charge is 0.149 e. The second kappa shape index (κ2) is 5.14. The van der Waals surface area contributed by atoms with Gasteiger partial charge in [-0.2, -0.15) is 0 Å². The molecule has 0 N–H and O–H groups in total. The average Bonchev–Trinajstić information content (AvgIpc) is 2.79. The fraction of sp³-hybridized carbons (Fsp3) is 0.273. The monoisotopic (exact) mass is 255 g/mol. The lowest BCUT2D eigenvalue weighted by molar-refractivity contribution is 0.413. The Morgan fingerprint density at radius 1 is 1.47 bits per heavy atom. The van der Waals surface area contributed by atoms with Crippen molar-refractivity contribution in [2.24, 2.45) is 0 Å². The molecule has 0 bridgehead atoms. The van der Waals surface area contributed by atoms with E-state index in [4.69, 9.17) is 16.3 Å². The van der Waals surface area contributed by atoms with Gasteiger partial charge in [-0.15, -0.1) is 16.7 Å². The van der Waals surface area contributed by atoms with Gasteiger partial charge in [0.1, 0.15) is 17.3 Å². The molecular formula is C11H11ClFN3O. The van der Waals surface area contributed by atoms with E-state index in [9.17, 15) is 4.39 Å². The molecule has 0 aliphatic rings. The highest BCUT2D eigenvalue weighted by molar-refractivity contribution is 6.17. The number of halogens is 2. The molecule has 0 radical (unpaired) electrons. The van der Waals surface area contributed by atoms with Crippen molar-refractivity contribution >= 4 is 11.6 Å². The first-order valence-corrected chi connectivity index (χ1v) is 5.59. The van der Waals surface area contributed by atoms with Gasteiger partial charge in [0.15, 0.2) is 0 Å². The average molecular weight is 256 g/mol. The van der Waals surface area contributed by atoms with E-state index in [1.807, 2.05) is 0 Å². The van der Waals surface area contributed by atoms with Crippen LogP contribution in [0.2, 0.25) is 0 Å². The summed E-state index contributed by atoms with van der Waals surface area (Å²) >= 11 is 5.60.